The van der Waals surface area contributed by atoms with Crippen molar-refractivity contribution in [3.63, 3.8) is 0 Å². The van der Waals surface area contributed by atoms with E-state index in [0.717, 1.165) is 22.3 Å². The predicted molar refractivity (Wildman–Crippen MR) is 100 cm³/mol. The summed E-state index contributed by atoms with van der Waals surface area (Å²) in [4.78, 5) is 0.606. The lowest BCUT2D eigenvalue weighted by atomic mass is 10.1. The largest absolute Gasteiger partial charge is 0.240 e. The molecule has 0 unspecified atom stereocenters. The monoisotopic (exact) mass is 394 g/mol. The molecule has 5 rings (SSSR count). The number of rotatable bonds is 4. The Morgan fingerprint density at radius 1 is 0.964 bits per heavy atom. The lowest BCUT2D eigenvalue weighted by Gasteiger charge is -2.00. The van der Waals surface area contributed by atoms with Crippen LogP contribution in [0.4, 0.5) is 8.78 Å². The van der Waals surface area contributed by atoms with Gasteiger partial charge in [0.25, 0.3) is 0 Å². The molecule has 138 valence electrons. The smallest absolute Gasteiger partial charge is 0.234 e. The highest BCUT2D eigenvalue weighted by atomic mass is 32.1. The van der Waals surface area contributed by atoms with Crippen LogP contribution < -0.4 is 0 Å². The molecular formula is C19H12F2N6S. The van der Waals surface area contributed by atoms with Crippen LogP contribution in [0.1, 0.15) is 11.4 Å². The van der Waals surface area contributed by atoms with Crippen molar-refractivity contribution in [2.24, 2.45) is 0 Å². The van der Waals surface area contributed by atoms with Crippen LogP contribution in [0.15, 0.2) is 60.9 Å². The quantitative estimate of drug-likeness (QED) is 0.464. The van der Waals surface area contributed by atoms with E-state index in [1.165, 1.54) is 23.5 Å². The molecule has 0 spiro atoms. The highest BCUT2D eigenvalue weighted by Gasteiger charge is 2.15. The minimum Gasteiger partial charge on any atom is -0.240 e. The Balaban J connectivity index is 1.47. The third-order valence-corrected chi connectivity index (χ3v) is 5.14. The molecule has 0 saturated carbocycles. The molecule has 0 radical (unpaired) electrons. The fourth-order valence-electron chi connectivity index (χ4n) is 2.94. The molecule has 28 heavy (non-hydrogen) atoms. The maximum atomic E-state index is 13.4. The highest BCUT2D eigenvalue weighted by Crippen LogP contribution is 2.26. The van der Waals surface area contributed by atoms with Crippen molar-refractivity contribution in [1.82, 2.24) is 29.6 Å². The Labute approximate surface area is 161 Å². The molecule has 0 atom stereocenters. The van der Waals surface area contributed by atoms with E-state index in [-0.39, 0.29) is 6.42 Å². The second kappa shape index (κ2) is 6.61. The average molecular weight is 394 g/mol. The molecule has 9 heteroatoms. The van der Waals surface area contributed by atoms with Crippen LogP contribution in [0.5, 0.6) is 0 Å². The van der Waals surface area contributed by atoms with Gasteiger partial charge in [0, 0.05) is 18.7 Å². The Kier molecular flexibility index (Phi) is 3.94. The molecule has 0 aliphatic carbocycles. The Bertz CT molecular complexity index is 1250. The van der Waals surface area contributed by atoms with Crippen molar-refractivity contribution < 1.29 is 8.78 Å². The first-order valence-corrected chi connectivity index (χ1v) is 9.24. The first-order valence-electron chi connectivity index (χ1n) is 8.42. The van der Waals surface area contributed by atoms with Gasteiger partial charge in [-0.3, -0.25) is 0 Å². The van der Waals surface area contributed by atoms with Crippen molar-refractivity contribution in [2.75, 3.05) is 0 Å². The first-order chi connectivity index (χ1) is 13.7. The first kappa shape index (κ1) is 16.7. The molecule has 6 nitrogen and oxygen atoms in total. The van der Waals surface area contributed by atoms with Gasteiger partial charge in [0.2, 0.25) is 4.96 Å². The van der Waals surface area contributed by atoms with Gasteiger partial charge in [-0.15, -0.1) is 10.2 Å². The van der Waals surface area contributed by atoms with Gasteiger partial charge < -0.3 is 0 Å². The number of hydrogen-bond acceptors (Lipinski definition) is 5. The van der Waals surface area contributed by atoms with Crippen LogP contribution >= 0.6 is 11.3 Å². The van der Waals surface area contributed by atoms with Gasteiger partial charge in [-0.2, -0.15) is 14.7 Å². The zero-order valence-corrected chi connectivity index (χ0v) is 15.1. The zero-order chi connectivity index (χ0) is 19.1. The number of hydrogen-bond donors (Lipinski definition) is 0. The second-order valence-corrected chi connectivity index (χ2v) is 7.14. The Hall–Kier alpha value is -3.46. The van der Waals surface area contributed by atoms with E-state index >= 15 is 0 Å². The van der Waals surface area contributed by atoms with Crippen molar-refractivity contribution in [1.29, 1.82) is 0 Å². The van der Waals surface area contributed by atoms with Gasteiger partial charge in [-0.1, -0.05) is 29.5 Å². The van der Waals surface area contributed by atoms with E-state index in [0.29, 0.717) is 16.3 Å². The van der Waals surface area contributed by atoms with E-state index in [1.54, 1.807) is 15.4 Å². The van der Waals surface area contributed by atoms with Crippen molar-refractivity contribution >= 4 is 16.3 Å². The number of aromatic nitrogens is 6. The molecule has 0 N–H and O–H groups in total. The van der Waals surface area contributed by atoms with Crippen LogP contribution in [0.25, 0.3) is 21.2 Å². The summed E-state index contributed by atoms with van der Waals surface area (Å²) < 4.78 is 30.2. The summed E-state index contributed by atoms with van der Waals surface area (Å²) in [6.45, 7) is 0. The SMILES string of the molecule is Fc1cc(F)cc(Cc2nnc3sc(-c4cnn(-c5ccccc5)c4)nn23)c1. The summed E-state index contributed by atoms with van der Waals surface area (Å²) in [6.07, 6.45) is 3.85. The maximum Gasteiger partial charge on any atom is 0.234 e. The molecule has 2 aromatic carbocycles. The van der Waals surface area contributed by atoms with Gasteiger partial charge in [0.1, 0.15) is 11.6 Å². The minimum absolute atomic E-state index is 0.225. The van der Waals surface area contributed by atoms with E-state index in [4.69, 9.17) is 0 Å². The van der Waals surface area contributed by atoms with E-state index < -0.39 is 11.6 Å². The Morgan fingerprint density at radius 3 is 2.54 bits per heavy atom. The van der Waals surface area contributed by atoms with Gasteiger partial charge in [-0.25, -0.2) is 13.5 Å². The summed E-state index contributed by atoms with van der Waals surface area (Å²) in [7, 11) is 0. The fraction of sp³-hybridized carbons (Fsp3) is 0.0526. The number of nitrogens with zero attached hydrogens (tertiary/aromatic N) is 6. The lowest BCUT2D eigenvalue weighted by Crippen LogP contribution is -1.99. The van der Waals surface area contributed by atoms with Crippen LogP contribution in [0, 0.1) is 11.6 Å². The second-order valence-electron chi connectivity index (χ2n) is 6.18. The summed E-state index contributed by atoms with van der Waals surface area (Å²) >= 11 is 1.37. The van der Waals surface area contributed by atoms with Crippen molar-refractivity contribution in [3.05, 3.63) is 83.9 Å². The molecule has 0 saturated heterocycles. The maximum absolute atomic E-state index is 13.4. The van der Waals surface area contributed by atoms with Gasteiger partial charge in [0.05, 0.1) is 17.4 Å². The summed E-state index contributed by atoms with van der Waals surface area (Å²) in [6, 6.07) is 13.2. The van der Waals surface area contributed by atoms with Gasteiger partial charge in [0.15, 0.2) is 10.8 Å². The molecule has 5 aromatic rings. The van der Waals surface area contributed by atoms with Crippen molar-refractivity contribution in [3.8, 4) is 16.3 Å². The van der Waals surface area contributed by atoms with Crippen molar-refractivity contribution in [2.45, 2.75) is 6.42 Å². The summed E-state index contributed by atoms with van der Waals surface area (Å²) in [5.74, 6) is -0.732. The normalized spacial score (nSPS) is 11.4. The third kappa shape index (κ3) is 3.05. The molecule has 3 heterocycles. The standard InChI is InChI=1S/C19H12F2N6S/c20-14-6-12(7-15(21)9-14)8-17-23-24-19-27(17)25-18(28-19)13-10-22-26(11-13)16-4-2-1-3-5-16/h1-7,9-11H,8H2. The van der Waals surface area contributed by atoms with Crippen LogP contribution in [0.3, 0.4) is 0 Å². The van der Waals surface area contributed by atoms with E-state index in [2.05, 4.69) is 20.4 Å². The van der Waals surface area contributed by atoms with E-state index in [1.807, 2.05) is 36.5 Å². The Morgan fingerprint density at radius 2 is 1.75 bits per heavy atom. The molecule has 0 fully saturated rings. The number of halogens is 2. The molecule has 0 amide bonds. The minimum atomic E-state index is -0.622. The summed E-state index contributed by atoms with van der Waals surface area (Å²) in [5, 5.41) is 17.9. The zero-order valence-electron chi connectivity index (χ0n) is 14.3. The average Bonchev–Trinajstić information content (AvgIpc) is 3.38. The fourth-order valence-corrected chi connectivity index (χ4v) is 3.77. The summed E-state index contributed by atoms with van der Waals surface area (Å²) in [5.41, 5.74) is 2.27. The number of benzene rings is 2. The van der Waals surface area contributed by atoms with Crippen LogP contribution in [-0.4, -0.2) is 29.6 Å². The molecule has 0 aliphatic heterocycles. The van der Waals surface area contributed by atoms with Gasteiger partial charge in [-0.05, 0) is 29.8 Å². The molecule has 0 aliphatic rings. The topological polar surface area (TPSA) is 60.9 Å². The molecule has 0 bridgehead atoms. The van der Waals surface area contributed by atoms with Crippen LogP contribution in [-0.2, 0) is 6.42 Å². The van der Waals surface area contributed by atoms with E-state index in [9.17, 15) is 8.78 Å². The molecular weight excluding hydrogens is 382 g/mol. The highest BCUT2D eigenvalue weighted by molar-refractivity contribution is 7.19. The number of fused-ring (bicyclic) bond motifs is 1. The lowest BCUT2D eigenvalue weighted by molar-refractivity contribution is 0.580. The van der Waals surface area contributed by atoms with Crippen LogP contribution in [0.2, 0.25) is 0 Å². The molecule has 3 aromatic heterocycles. The number of para-hydroxylation sites is 1. The third-order valence-electron chi connectivity index (χ3n) is 4.19. The van der Waals surface area contributed by atoms with Gasteiger partial charge >= 0.3 is 0 Å². The predicted octanol–water partition coefficient (Wildman–Crippen LogP) is 3.91.